The average Bonchev–Trinajstić information content (AvgIpc) is 2.52. The molecule has 1 aliphatic heterocycles. The molecule has 110 valence electrons. The Bertz CT molecular complexity index is 594. The van der Waals surface area contributed by atoms with Crippen LogP contribution in [0.25, 0.3) is 0 Å². The van der Waals surface area contributed by atoms with Gasteiger partial charge in [-0.15, -0.1) is 0 Å². The molecule has 1 unspecified atom stereocenters. The number of para-hydroxylation sites is 1. The highest BCUT2D eigenvalue weighted by molar-refractivity contribution is 5.57. The van der Waals surface area contributed by atoms with Crippen molar-refractivity contribution in [1.82, 2.24) is 5.32 Å². The van der Waals surface area contributed by atoms with E-state index in [1.807, 2.05) is 12.1 Å². The second-order valence-electron chi connectivity index (χ2n) is 5.55. The van der Waals surface area contributed by atoms with Crippen molar-refractivity contribution in [2.24, 2.45) is 0 Å². The fraction of sp³-hybridized carbons (Fsp3) is 0.333. The summed E-state index contributed by atoms with van der Waals surface area (Å²) < 4.78 is 0. The first kappa shape index (κ1) is 14.0. The predicted octanol–water partition coefficient (Wildman–Crippen LogP) is 3.45. The van der Waals surface area contributed by atoms with Gasteiger partial charge in [0.2, 0.25) is 0 Å². The number of aromatic hydroxyl groups is 1. The van der Waals surface area contributed by atoms with Crippen molar-refractivity contribution in [1.29, 1.82) is 0 Å². The van der Waals surface area contributed by atoms with Gasteiger partial charge in [-0.05, 0) is 42.3 Å². The summed E-state index contributed by atoms with van der Waals surface area (Å²) in [5.74, 6) is 0.324. The number of anilines is 1. The predicted molar refractivity (Wildman–Crippen MR) is 86.6 cm³/mol. The number of phenolic OH excluding ortho intramolecular Hbond substituents is 1. The monoisotopic (exact) mass is 282 g/mol. The number of phenols is 1. The van der Waals surface area contributed by atoms with Gasteiger partial charge >= 0.3 is 0 Å². The standard InChI is InChI=1S/C18H22N2O/c1-2-19-17-11-12-20(18-6-4-3-5-16(17)18)13-14-7-9-15(21)10-8-14/h3-10,17,19,21H,2,11-13H2,1H3. The second-order valence-corrected chi connectivity index (χ2v) is 5.55. The Kier molecular flexibility index (Phi) is 4.11. The van der Waals surface area contributed by atoms with Gasteiger partial charge in [0.15, 0.2) is 0 Å². The fourth-order valence-corrected chi connectivity index (χ4v) is 3.08. The molecule has 0 amide bonds. The Hall–Kier alpha value is -2.00. The van der Waals surface area contributed by atoms with Gasteiger partial charge in [0.05, 0.1) is 0 Å². The third-order valence-electron chi connectivity index (χ3n) is 4.10. The van der Waals surface area contributed by atoms with Crippen LogP contribution in [-0.2, 0) is 6.54 Å². The summed E-state index contributed by atoms with van der Waals surface area (Å²) in [5.41, 5.74) is 3.94. The van der Waals surface area contributed by atoms with Crippen LogP contribution in [0.4, 0.5) is 5.69 Å². The van der Waals surface area contributed by atoms with Crippen molar-refractivity contribution in [3.63, 3.8) is 0 Å². The first-order chi connectivity index (χ1) is 10.3. The van der Waals surface area contributed by atoms with Crippen molar-refractivity contribution in [2.75, 3.05) is 18.0 Å². The summed E-state index contributed by atoms with van der Waals surface area (Å²) in [7, 11) is 0. The summed E-state index contributed by atoms with van der Waals surface area (Å²) in [5, 5.41) is 13.0. The average molecular weight is 282 g/mol. The molecule has 0 aromatic heterocycles. The molecule has 2 aromatic carbocycles. The second kappa shape index (κ2) is 6.19. The van der Waals surface area contributed by atoms with E-state index >= 15 is 0 Å². The van der Waals surface area contributed by atoms with Crippen molar-refractivity contribution in [2.45, 2.75) is 25.9 Å². The number of fused-ring (bicyclic) bond motifs is 1. The highest BCUT2D eigenvalue weighted by Gasteiger charge is 2.23. The largest absolute Gasteiger partial charge is 0.508 e. The quantitative estimate of drug-likeness (QED) is 0.901. The van der Waals surface area contributed by atoms with E-state index in [0.717, 1.165) is 26.1 Å². The zero-order valence-electron chi connectivity index (χ0n) is 12.4. The minimum atomic E-state index is 0.324. The van der Waals surface area contributed by atoms with Crippen LogP contribution in [0, 0.1) is 0 Å². The van der Waals surface area contributed by atoms with E-state index in [2.05, 4.69) is 41.4 Å². The molecule has 0 fully saturated rings. The Morgan fingerprint density at radius 3 is 2.67 bits per heavy atom. The molecule has 0 spiro atoms. The normalized spacial score (nSPS) is 17.6. The van der Waals surface area contributed by atoms with Gasteiger partial charge in [-0.1, -0.05) is 37.3 Å². The molecule has 21 heavy (non-hydrogen) atoms. The molecular weight excluding hydrogens is 260 g/mol. The maximum absolute atomic E-state index is 9.39. The number of hydrogen-bond acceptors (Lipinski definition) is 3. The lowest BCUT2D eigenvalue weighted by molar-refractivity contribution is 0.474. The number of rotatable bonds is 4. The lowest BCUT2D eigenvalue weighted by atomic mass is 9.96. The highest BCUT2D eigenvalue weighted by atomic mass is 16.3. The van der Waals surface area contributed by atoms with Crippen molar-refractivity contribution < 1.29 is 5.11 Å². The van der Waals surface area contributed by atoms with Gasteiger partial charge in [-0.2, -0.15) is 0 Å². The minimum absolute atomic E-state index is 0.324. The van der Waals surface area contributed by atoms with E-state index in [1.54, 1.807) is 12.1 Å². The summed E-state index contributed by atoms with van der Waals surface area (Å²) in [6.07, 6.45) is 1.13. The molecule has 0 saturated heterocycles. The Morgan fingerprint density at radius 2 is 1.90 bits per heavy atom. The fourth-order valence-electron chi connectivity index (χ4n) is 3.08. The SMILES string of the molecule is CCNC1CCN(Cc2ccc(O)cc2)c2ccccc21. The summed E-state index contributed by atoms with van der Waals surface area (Å²) in [6.45, 7) is 5.09. The van der Waals surface area contributed by atoms with Crippen LogP contribution < -0.4 is 10.2 Å². The maximum Gasteiger partial charge on any atom is 0.115 e. The summed E-state index contributed by atoms with van der Waals surface area (Å²) in [4.78, 5) is 2.43. The molecule has 2 aromatic rings. The van der Waals surface area contributed by atoms with Crippen molar-refractivity contribution in [3.05, 3.63) is 59.7 Å². The zero-order valence-corrected chi connectivity index (χ0v) is 12.4. The number of nitrogens with zero attached hydrogens (tertiary/aromatic N) is 1. The van der Waals surface area contributed by atoms with Crippen LogP contribution in [0.15, 0.2) is 48.5 Å². The van der Waals surface area contributed by atoms with Crippen molar-refractivity contribution in [3.8, 4) is 5.75 Å². The maximum atomic E-state index is 9.39. The van der Waals surface area contributed by atoms with Gasteiger partial charge < -0.3 is 15.3 Å². The third-order valence-corrected chi connectivity index (χ3v) is 4.10. The van der Waals surface area contributed by atoms with E-state index in [4.69, 9.17) is 0 Å². The Labute approximate surface area is 126 Å². The van der Waals surface area contributed by atoms with E-state index < -0.39 is 0 Å². The lowest BCUT2D eigenvalue weighted by Crippen LogP contribution is -2.35. The Morgan fingerprint density at radius 1 is 1.14 bits per heavy atom. The minimum Gasteiger partial charge on any atom is -0.508 e. The van der Waals surface area contributed by atoms with Crippen LogP contribution in [-0.4, -0.2) is 18.2 Å². The molecule has 1 atom stereocenters. The first-order valence-electron chi connectivity index (χ1n) is 7.63. The zero-order chi connectivity index (χ0) is 14.7. The smallest absolute Gasteiger partial charge is 0.115 e. The first-order valence-corrected chi connectivity index (χ1v) is 7.63. The van der Waals surface area contributed by atoms with E-state index in [-0.39, 0.29) is 0 Å². The van der Waals surface area contributed by atoms with E-state index in [1.165, 1.54) is 16.8 Å². The van der Waals surface area contributed by atoms with Gasteiger partial charge in [-0.25, -0.2) is 0 Å². The van der Waals surface area contributed by atoms with Gasteiger partial charge in [0.1, 0.15) is 5.75 Å². The van der Waals surface area contributed by atoms with Crippen LogP contribution in [0.1, 0.15) is 30.5 Å². The summed E-state index contributed by atoms with van der Waals surface area (Å²) >= 11 is 0. The van der Waals surface area contributed by atoms with E-state index in [0.29, 0.717) is 11.8 Å². The van der Waals surface area contributed by atoms with Crippen molar-refractivity contribution >= 4 is 5.69 Å². The number of nitrogens with one attached hydrogen (secondary N) is 1. The van der Waals surface area contributed by atoms with Crippen LogP contribution in [0.3, 0.4) is 0 Å². The van der Waals surface area contributed by atoms with Crippen LogP contribution >= 0.6 is 0 Å². The highest BCUT2D eigenvalue weighted by Crippen LogP contribution is 2.34. The molecule has 3 rings (SSSR count). The Balaban J connectivity index is 1.83. The molecule has 1 aliphatic rings. The molecule has 0 saturated carbocycles. The molecule has 3 heteroatoms. The molecule has 0 bridgehead atoms. The third kappa shape index (κ3) is 3.03. The molecule has 1 heterocycles. The number of benzene rings is 2. The molecule has 3 nitrogen and oxygen atoms in total. The van der Waals surface area contributed by atoms with Crippen LogP contribution in [0.5, 0.6) is 5.75 Å². The van der Waals surface area contributed by atoms with Crippen LogP contribution in [0.2, 0.25) is 0 Å². The molecule has 0 radical (unpaired) electrons. The summed E-state index contributed by atoms with van der Waals surface area (Å²) in [6, 6.07) is 16.6. The number of hydrogen-bond donors (Lipinski definition) is 2. The lowest BCUT2D eigenvalue weighted by Gasteiger charge is -2.36. The van der Waals surface area contributed by atoms with Gasteiger partial charge in [0, 0.05) is 24.8 Å². The van der Waals surface area contributed by atoms with Gasteiger partial charge in [0.25, 0.3) is 0 Å². The van der Waals surface area contributed by atoms with Gasteiger partial charge in [-0.3, -0.25) is 0 Å². The molecule has 2 N–H and O–H groups in total. The topological polar surface area (TPSA) is 35.5 Å². The van der Waals surface area contributed by atoms with E-state index in [9.17, 15) is 5.11 Å². The molecule has 0 aliphatic carbocycles. The molecular formula is C18H22N2O.